The molecule has 0 aromatic rings. The van der Waals surface area contributed by atoms with Gasteiger partial charge in [-0.25, -0.2) is 13.1 Å². The molecule has 1 N–H and O–H groups in total. The lowest BCUT2D eigenvalue weighted by atomic mass is 10.0. The van der Waals surface area contributed by atoms with Crippen molar-refractivity contribution in [2.24, 2.45) is 0 Å². The predicted molar refractivity (Wildman–Crippen MR) is 68.7 cm³/mol. The summed E-state index contributed by atoms with van der Waals surface area (Å²) in [6, 6.07) is -0.0542. The van der Waals surface area contributed by atoms with Crippen LogP contribution in [-0.4, -0.2) is 57.8 Å². The number of piperidine rings is 1. The minimum atomic E-state index is -3.21. The molecule has 0 bridgehead atoms. The van der Waals surface area contributed by atoms with Crippen LogP contribution in [0.3, 0.4) is 0 Å². The summed E-state index contributed by atoms with van der Waals surface area (Å²) >= 11 is 0. The lowest BCUT2D eigenvalue weighted by Crippen LogP contribution is -2.50. The first-order chi connectivity index (χ1) is 8.44. The summed E-state index contributed by atoms with van der Waals surface area (Å²) in [6.07, 6.45) is 3.95. The van der Waals surface area contributed by atoms with Gasteiger partial charge in [-0.2, -0.15) is 0 Å². The van der Waals surface area contributed by atoms with Crippen LogP contribution in [-0.2, 0) is 19.6 Å². The Bertz CT molecular complexity index is 369. The van der Waals surface area contributed by atoms with Crippen LogP contribution >= 0.6 is 0 Å². The van der Waals surface area contributed by atoms with Crippen molar-refractivity contribution in [2.75, 3.05) is 32.6 Å². The molecule has 1 heterocycles. The number of rotatable bonds is 6. The van der Waals surface area contributed by atoms with E-state index in [1.165, 1.54) is 0 Å². The van der Waals surface area contributed by atoms with E-state index in [2.05, 4.69) is 4.72 Å². The zero-order valence-corrected chi connectivity index (χ0v) is 11.8. The van der Waals surface area contributed by atoms with Gasteiger partial charge < -0.3 is 9.64 Å². The first kappa shape index (κ1) is 15.4. The summed E-state index contributed by atoms with van der Waals surface area (Å²) < 4.78 is 29.7. The van der Waals surface area contributed by atoms with Gasteiger partial charge in [0.15, 0.2) is 0 Å². The fourth-order valence-corrected chi connectivity index (χ4v) is 2.56. The highest BCUT2D eigenvalue weighted by Gasteiger charge is 2.26. The summed E-state index contributed by atoms with van der Waals surface area (Å²) in [5.41, 5.74) is 0. The van der Waals surface area contributed by atoms with Crippen molar-refractivity contribution in [3.8, 4) is 0 Å². The normalized spacial score (nSPS) is 21.0. The smallest absolute Gasteiger partial charge is 0.248 e. The molecule has 1 aliphatic rings. The third-order valence-electron chi connectivity index (χ3n) is 2.96. The molecule has 1 unspecified atom stereocenters. The molecule has 0 radical (unpaired) electrons. The van der Waals surface area contributed by atoms with E-state index in [0.29, 0.717) is 13.2 Å². The lowest BCUT2D eigenvalue weighted by molar-refractivity contribution is -0.139. The topological polar surface area (TPSA) is 75.7 Å². The van der Waals surface area contributed by atoms with Crippen molar-refractivity contribution in [2.45, 2.75) is 32.2 Å². The van der Waals surface area contributed by atoms with Gasteiger partial charge in [0.25, 0.3) is 0 Å². The Morgan fingerprint density at radius 1 is 1.44 bits per heavy atom. The number of hydrogen-bond acceptors (Lipinski definition) is 4. The average molecular weight is 278 g/mol. The van der Waals surface area contributed by atoms with Crippen LogP contribution in [0.15, 0.2) is 0 Å². The van der Waals surface area contributed by atoms with E-state index in [1.54, 1.807) is 4.90 Å². The second-order valence-electron chi connectivity index (χ2n) is 4.49. The van der Waals surface area contributed by atoms with Crippen molar-refractivity contribution < 1.29 is 17.9 Å². The van der Waals surface area contributed by atoms with E-state index in [-0.39, 0.29) is 25.1 Å². The Kier molecular flexibility index (Phi) is 6.04. The third-order valence-corrected chi connectivity index (χ3v) is 3.65. The molecule has 1 amide bonds. The zero-order valence-electron chi connectivity index (χ0n) is 11.0. The lowest BCUT2D eigenvalue weighted by Gasteiger charge is -2.35. The van der Waals surface area contributed by atoms with Crippen molar-refractivity contribution >= 4 is 15.9 Å². The Morgan fingerprint density at radius 2 is 2.17 bits per heavy atom. The molecule has 1 rings (SSSR count). The van der Waals surface area contributed by atoms with Crippen molar-refractivity contribution in [1.29, 1.82) is 0 Å². The number of carbonyl (C=O) groups is 1. The van der Waals surface area contributed by atoms with Gasteiger partial charge in [-0.3, -0.25) is 4.79 Å². The van der Waals surface area contributed by atoms with E-state index in [1.807, 2.05) is 6.92 Å². The molecule has 1 atom stereocenters. The summed E-state index contributed by atoms with van der Waals surface area (Å²) in [5.74, 6) is -0.0585. The second-order valence-corrected chi connectivity index (χ2v) is 6.33. The molecule has 0 spiro atoms. The number of carbonyl (C=O) groups excluding carboxylic acids is 1. The van der Waals surface area contributed by atoms with Gasteiger partial charge in [0.2, 0.25) is 15.9 Å². The van der Waals surface area contributed by atoms with Crippen LogP contribution in [0.2, 0.25) is 0 Å². The van der Waals surface area contributed by atoms with Gasteiger partial charge in [-0.15, -0.1) is 0 Å². The van der Waals surface area contributed by atoms with Crippen LogP contribution < -0.4 is 4.72 Å². The van der Waals surface area contributed by atoms with Gasteiger partial charge in [0.1, 0.15) is 6.61 Å². The molecule has 0 aliphatic carbocycles. The van der Waals surface area contributed by atoms with Gasteiger partial charge in [-0.1, -0.05) is 0 Å². The van der Waals surface area contributed by atoms with Crippen molar-refractivity contribution in [1.82, 2.24) is 9.62 Å². The number of nitrogens with zero attached hydrogens (tertiary/aromatic N) is 1. The Balaban J connectivity index is 2.53. The van der Waals surface area contributed by atoms with E-state index >= 15 is 0 Å². The third kappa shape index (κ3) is 5.32. The van der Waals surface area contributed by atoms with E-state index in [4.69, 9.17) is 4.74 Å². The Labute approximate surface area is 109 Å². The van der Waals surface area contributed by atoms with Crippen LogP contribution in [0, 0.1) is 0 Å². The van der Waals surface area contributed by atoms with Gasteiger partial charge in [0.05, 0.1) is 6.26 Å². The summed E-state index contributed by atoms with van der Waals surface area (Å²) in [5, 5.41) is 0. The maximum Gasteiger partial charge on any atom is 0.248 e. The minimum Gasteiger partial charge on any atom is -0.372 e. The quantitative estimate of drug-likeness (QED) is 0.739. The Hall–Kier alpha value is -0.660. The molecule has 6 nitrogen and oxygen atoms in total. The summed E-state index contributed by atoms with van der Waals surface area (Å²) in [4.78, 5) is 13.6. The zero-order chi connectivity index (χ0) is 13.6. The monoisotopic (exact) mass is 278 g/mol. The number of hydrogen-bond donors (Lipinski definition) is 1. The summed E-state index contributed by atoms with van der Waals surface area (Å²) in [6.45, 7) is 3.39. The van der Waals surface area contributed by atoms with E-state index < -0.39 is 10.0 Å². The highest BCUT2D eigenvalue weighted by molar-refractivity contribution is 7.88. The highest BCUT2D eigenvalue weighted by atomic mass is 32.2. The first-order valence-electron chi connectivity index (χ1n) is 6.26. The number of sulfonamides is 1. The molecular formula is C11H22N2O4S. The minimum absolute atomic E-state index is 0.0542. The van der Waals surface area contributed by atoms with E-state index in [9.17, 15) is 13.2 Å². The summed E-state index contributed by atoms with van der Waals surface area (Å²) in [7, 11) is -3.21. The van der Waals surface area contributed by atoms with Crippen molar-refractivity contribution in [3.05, 3.63) is 0 Å². The predicted octanol–water partition coefficient (Wildman–Crippen LogP) is -0.0468. The van der Waals surface area contributed by atoms with Crippen LogP contribution in [0.5, 0.6) is 0 Å². The first-order valence-corrected chi connectivity index (χ1v) is 8.15. The molecule has 0 aromatic heterocycles. The maximum atomic E-state index is 11.9. The SMILES string of the molecule is CCOCC(=O)N1CCCCC1CNS(C)(=O)=O. The number of likely N-dealkylation sites (tertiary alicyclic amines) is 1. The molecule has 106 valence electrons. The molecule has 0 saturated carbocycles. The highest BCUT2D eigenvalue weighted by Crippen LogP contribution is 2.16. The molecule has 1 saturated heterocycles. The largest absolute Gasteiger partial charge is 0.372 e. The van der Waals surface area contributed by atoms with Gasteiger partial charge in [0, 0.05) is 25.7 Å². The molecule has 1 aliphatic heterocycles. The van der Waals surface area contributed by atoms with Crippen LogP contribution in [0.1, 0.15) is 26.2 Å². The maximum absolute atomic E-state index is 11.9. The van der Waals surface area contributed by atoms with Gasteiger partial charge in [-0.05, 0) is 26.2 Å². The number of ether oxygens (including phenoxy) is 1. The fraction of sp³-hybridized carbons (Fsp3) is 0.909. The number of nitrogens with one attached hydrogen (secondary N) is 1. The number of amides is 1. The van der Waals surface area contributed by atoms with Gasteiger partial charge >= 0.3 is 0 Å². The molecule has 7 heteroatoms. The van der Waals surface area contributed by atoms with E-state index in [0.717, 1.165) is 25.5 Å². The second kappa shape index (κ2) is 7.06. The molecule has 1 fully saturated rings. The van der Waals surface area contributed by atoms with Crippen LogP contribution in [0.4, 0.5) is 0 Å². The standard InChI is InChI=1S/C11H22N2O4S/c1-3-17-9-11(14)13-7-5-4-6-10(13)8-12-18(2,15)16/h10,12H,3-9H2,1-2H3. The molecule has 0 aromatic carbocycles. The molecular weight excluding hydrogens is 256 g/mol. The fourth-order valence-electron chi connectivity index (χ4n) is 2.06. The Morgan fingerprint density at radius 3 is 2.78 bits per heavy atom. The molecule has 18 heavy (non-hydrogen) atoms. The van der Waals surface area contributed by atoms with Crippen molar-refractivity contribution in [3.63, 3.8) is 0 Å². The average Bonchev–Trinajstić information content (AvgIpc) is 2.33. The van der Waals surface area contributed by atoms with Crippen LogP contribution in [0.25, 0.3) is 0 Å².